The standard InChI is InChI=1S/C23H32O5S.K/c1-2-3-4-5-6-7-8-9-11-14-19-17-18-21(23(22(19)24)29(25,26)27)28-20-15-12-10-13-16-20;/h10,12-13,15-18,24H,2-9,11,14H2,1H3,(H,25,26,27);/q;+1/p-1. The Hall–Kier alpha value is -0.414. The van der Waals surface area contributed by atoms with Gasteiger partial charge < -0.3 is 9.84 Å². The second-order valence-corrected chi connectivity index (χ2v) is 8.71. The van der Waals surface area contributed by atoms with Gasteiger partial charge in [0.05, 0.1) is 0 Å². The topological polar surface area (TPSA) is 86.7 Å². The first-order valence-electron chi connectivity index (χ1n) is 10.5. The molecule has 0 atom stereocenters. The maximum absolute atomic E-state index is 12.7. The van der Waals surface area contributed by atoms with Crippen molar-refractivity contribution in [2.75, 3.05) is 0 Å². The summed E-state index contributed by atoms with van der Waals surface area (Å²) in [4.78, 5) is -0.685. The van der Waals surface area contributed by atoms with Gasteiger partial charge in [-0.2, -0.15) is 8.42 Å². The van der Waals surface area contributed by atoms with Gasteiger partial charge in [-0.1, -0.05) is 93.9 Å². The van der Waals surface area contributed by atoms with Crippen LogP contribution in [0.15, 0.2) is 47.4 Å². The fraction of sp³-hybridized carbons (Fsp3) is 0.478. The smallest absolute Gasteiger partial charge is 0.871 e. The van der Waals surface area contributed by atoms with E-state index in [0.29, 0.717) is 17.7 Å². The predicted octanol–water partition coefficient (Wildman–Crippen LogP) is 2.88. The van der Waals surface area contributed by atoms with Crippen LogP contribution in [0.3, 0.4) is 0 Å². The van der Waals surface area contributed by atoms with Gasteiger partial charge in [-0.3, -0.25) is 4.55 Å². The molecule has 2 aromatic carbocycles. The average molecular weight is 459 g/mol. The van der Waals surface area contributed by atoms with E-state index in [9.17, 15) is 18.1 Å². The molecular weight excluding hydrogens is 427 g/mol. The van der Waals surface area contributed by atoms with Crippen LogP contribution in [-0.4, -0.2) is 13.0 Å². The maximum Gasteiger partial charge on any atom is 1.00 e. The summed E-state index contributed by atoms with van der Waals surface area (Å²) in [6.45, 7) is 2.21. The number of para-hydroxylation sites is 1. The van der Waals surface area contributed by atoms with E-state index in [1.807, 2.05) is 0 Å². The average Bonchev–Trinajstić information content (AvgIpc) is 2.68. The van der Waals surface area contributed by atoms with Crippen LogP contribution in [0.1, 0.15) is 70.3 Å². The molecule has 0 spiro atoms. The molecule has 0 saturated heterocycles. The fourth-order valence-corrected chi connectivity index (χ4v) is 4.08. The first kappa shape index (κ1) is 27.6. The van der Waals surface area contributed by atoms with Crippen LogP contribution in [0.2, 0.25) is 0 Å². The van der Waals surface area contributed by atoms with Crippen LogP contribution in [0, 0.1) is 0 Å². The molecule has 0 radical (unpaired) electrons. The number of ether oxygens (including phenoxy) is 1. The zero-order valence-corrected chi connectivity index (χ0v) is 22.0. The largest absolute Gasteiger partial charge is 1.00 e. The molecule has 0 aliphatic carbocycles. The van der Waals surface area contributed by atoms with Gasteiger partial charge >= 0.3 is 51.4 Å². The Morgan fingerprint density at radius 3 is 2.00 bits per heavy atom. The Labute approximate surface area is 223 Å². The molecule has 2 rings (SSSR count). The van der Waals surface area contributed by atoms with E-state index >= 15 is 0 Å². The van der Waals surface area contributed by atoms with E-state index in [1.54, 1.807) is 36.4 Å². The van der Waals surface area contributed by atoms with Crippen LogP contribution < -0.4 is 61.2 Å². The van der Waals surface area contributed by atoms with E-state index < -0.39 is 20.8 Å². The van der Waals surface area contributed by atoms with Gasteiger partial charge in [0.25, 0.3) is 10.1 Å². The van der Waals surface area contributed by atoms with Gasteiger partial charge in [0.15, 0.2) is 0 Å². The molecule has 160 valence electrons. The summed E-state index contributed by atoms with van der Waals surface area (Å²) in [5.41, 5.74) is 0.390. The zero-order chi connectivity index (χ0) is 21.1. The minimum absolute atomic E-state index is 0. The molecule has 30 heavy (non-hydrogen) atoms. The molecule has 0 saturated carbocycles. The fourth-order valence-electron chi connectivity index (χ4n) is 3.35. The summed E-state index contributed by atoms with van der Waals surface area (Å²) < 4.78 is 38.7. The second kappa shape index (κ2) is 14.6. The van der Waals surface area contributed by atoms with Crippen LogP contribution >= 0.6 is 0 Å². The third-order valence-electron chi connectivity index (χ3n) is 4.94. The normalized spacial score (nSPS) is 11.1. The quantitative estimate of drug-likeness (QED) is 0.283. The summed E-state index contributed by atoms with van der Waals surface area (Å²) in [6.07, 6.45) is 11.0. The van der Waals surface area contributed by atoms with E-state index in [-0.39, 0.29) is 57.1 Å². The molecule has 2 aromatic rings. The van der Waals surface area contributed by atoms with Crippen molar-refractivity contribution in [3.8, 4) is 17.2 Å². The van der Waals surface area contributed by atoms with Crippen molar-refractivity contribution in [1.29, 1.82) is 0 Å². The van der Waals surface area contributed by atoms with Crippen LogP contribution in [0.5, 0.6) is 17.2 Å². The molecule has 0 bridgehead atoms. The van der Waals surface area contributed by atoms with Crippen LogP contribution in [0.25, 0.3) is 0 Å². The third kappa shape index (κ3) is 9.38. The van der Waals surface area contributed by atoms with Crippen molar-refractivity contribution < 1.29 is 74.2 Å². The number of hydrogen-bond donors (Lipinski definition) is 1. The van der Waals surface area contributed by atoms with E-state index in [0.717, 1.165) is 19.3 Å². The molecule has 0 heterocycles. The Morgan fingerprint density at radius 1 is 0.867 bits per heavy atom. The van der Waals surface area contributed by atoms with Gasteiger partial charge in [0, 0.05) is 0 Å². The Balaban J connectivity index is 0.00000450. The first-order valence-corrected chi connectivity index (χ1v) is 11.9. The molecule has 0 fully saturated rings. The monoisotopic (exact) mass is 458 g/mol. The molecule has 0 amide bonds. The van der Waals surface area contributed by atoms with Gasteiger partial charge in [-0.25, -0.2) is 0 Å². The number of benzene rings is 2. The van der Waals surface area contributed by atoms with Crippen LogP contribution in [0.4, 0.5) is 0 Å². The van der Waals surface area contributed by atoms with Gasteiger partial charge in [0.1, 0.15) is 16.4 Å². The van der Waals surface area contributed by atoms with E-state index in [1.165, 1.54) is 44.6 Å². The Kier molecular flexibility index (Phi) is 13.5. The molecule has 0 aliphatic rings. The number of rotatable bonds is 13. The number of unbranched alkanes of at least 4 members (excludes halogenated alkanes) is 8. The first-order chi connectivity index (χ1) is 13.9. The summed E-state index contributed by atoms with van der Waals surface area (Å²) >= 11 is 0. The zero-order valence-electron chi connectivity index (χ0n) is 18.1. The van der Waals surface area contributed by atoms with Gasteiger partial charge in [-0.05, 0) is 31.0 Å². The minimum atomic E-state index is -4.69. The molecule has 1 N–H and O–H groups in total. The maximum atomic E-state index is 12.7. The number of aryl methyl sites for hydroxylation is 1. The van der Waals surface area contributed by atoms with Crippen LogP contribution in [-0.2, 0) is 16.5 Å². The van der Waals surface area contributed by atoms with E-state index in [4.69, 9.17) is 4.74 Å². The van der Waals surface area contributed by atoms with E-state index in [2.05, 4.69) is 6.92 Å². The van der Waals surface area contributed by atoms with Crippen molar-refractivity contribution in [3.05, 3.63) is 48.0 Å². The molecule has 5 nitrogen and oxygen atoms in total. The minimum Gasteiger partial charge on any atom is -0.871 e. The Bertz CT molecular complexity index is 853. The summed E-state index contributed by atoms with van der Waals surface area (Å²) in [5, 5.41) is 12.7. The summed E-state index contributed by atoms with van der Waals surface area (Å²) in [5.74, 6) is -0.441. The van der Waals surface area contributed by atoms with Crippen molar-refractivity contribution in [2.45, 2.75) is 76.0 Å². The third-order valence-corrected chi connectivity index (χ3v) is 5.84. The summed E-state index contributed by atoms with van der Waals surface area (Å²) in [7, 11) is -4.69. The molecule has 0 aliphatic heterocycles. The van der Waals surface area contributed by atoms with Crippen molar-refractivity contribution in [3.63, 3.8) is 0 Å². The number of hydrogen-bond acceptors (Lipinski definition) is 4. The van der Waals surface area contributed by atoms with Crippen molar-refractivity contribution >= 4 is 10.1 Å². The molecule has 0 aromatic heterocycles. The van der Waals surface area contributed by atoms with Crippen molar-refractivity contribution in [2.24, 2.45) is 0 Å². The molecule has 7 heteroatoms. The Morgan fingerprint density at radius 2 is 1.43 bits per heavy atom. The SMILES string of the molecule is CCCCCCCCCCCc1ccc(Oc2ccccc2)c(S(=O)(=O)O)c1[O-].[K+]. The summed E-state index contributed by atoms with van der Waals surface area (Å²) in [6, 6.07) is 11.6. The molecular formula is C23H31KO5S. The molecule has 0 unspecified atom stereocenters. The van der Waals surface area contributed by atoms with Gasteiger partial charge in [-0.15, -0.1) is 0 Å². The second-order valence-electron chi connectivity index (χ2n) is 7.35. The van der Waals surface area contributed by atoms with Crippen molar-refractivity contribution in [1.82, 2.24) is 0 Å². The van der Waals surface area contributed by atoms with Gasteiger partial charge in [0.2, 0.25) is 0 Å². The predicted molar refractivity (Wildman–Crippen MR) is 113 cm³/mol.